The van der Waals surface area contributed by atoms with Crippen molar-refractivity contribution in [2.45, 2.75) is 24.7 Å². The Labute approximate surface area is 200 Å². The number of thioether (sulfide) groups is 1. The average Bonchev–Trinajstić information content (AvgIpc) is 3.17. The van der Waals surface area contributed by atoms with Gasteiger partial charge in [0, 0.05) is 11.6 Å². The van der Waals surface area contributed by atoms with Gasteiger partial charge in [-0.3, -0.25) is 9.36 Å². The van der Waals surface area contributed by atoms with Gasteiger partial charge in [-0.2, -0.15) is 0 Å². The number of amides is 1. The van der Waals surface area contributed by atoms with Gasteiger partial charge in [0.25, 0.3) is 0 Å². The average molecular weight is 493 g/mol. The summed E-state index contributed by atoms with van der Waals surface area (Å²) in [6.07, 6.45) is 1.33. The number of allylic oxidation sites excluding steroid dienone is 1. The van der Waals surface area contributed by atoms with E-state index >= 15 is 0 Å². The first kappa shape index (κ1) is 24.0. The molecule has 1 aromatic heterocycles. The van der Waals surface area contributed by atoms with Crippen LogP contribution in [0.3, 0.4) is 0 Å². The maximum Gasteiger partial charge on any atom is 0.234 e. The lowest BCUT2D eigenvalue weighted by Crippen LogP contribution is -2.16. The van der Waals surface area contributed by atoms with Gasteiger partial charge in [-0.05, 0) is 37.3 Å². The Bertz CT molecular complexity index is 1110. The highest BCUT2D eigenvalue weighted by molar-refractivity contribution is 7.99. The molecule has 0 aliphatic heterocycles. The molecule has 2 aromatic carbocycles. The first-order valence-electron chi connectivity index (χ1n) is 9.64. The number of benzene rings is 2. The van der Waals surface area contributed by atoms with Gasteiger partial charge in [-0.1, -0.05) is 53.2 Å². The molecule has 7 nitrogen and oxygen atoms in total. The van der Waals surface area contributed by atoms with E-state index in [1.54, 1.807) is 31.4 Å². The summed E-state index contributed by atoms with van der Waals surface area (Å²) in [6, 6.07) is 12.3. The molecule has 0 bridgehead atoms. The molecule has 3 rings (SSSR count). The topological polar surface area (TPSA) is 78.3 Å². The molecule has 0 spiro atoms. The number of carbonyl (C=O) groups excluding carboxylic acids is 1. The summed E-state index contributed by atoms with van der Waals surface area (Å²) in [5.41, 5.74) is 0.494. The molecule has 1 unspecified atom stereocenters. The number of anilines is 1. The van der Waals surface area contributed by atoms with Crippen molar-refractivity contribution in [1.82, 2.24) is 14.8 Å². The Morgan fingerprint density at radius 2 is 2.00 bits per heavy atom. The van der Waals surface area contributed by atoms with Crippen molar-refractivity contribution < 1.29 is 14.3 Å². The van der Waals surface area contributed by atoms with E-state index in [1.165, 1.54) is 11.8 Å². The highest BCUT2D eigenvalue weighted by atomic mass is 35.5. The largest absolute Gasteiger partial charge is 0.493 e. The number of nitrogens with one attached hydrogen (secondary N) is 1. The normalized spacial score (nSPS) is 11.6. The van der Waals surface area contributed by atoms with Crippen LogP contribution < -0.4 is 14.8 Å². The Balaban J connectivity index is 1.69. The van der Waals surface area contributed by atoms with Crippen molar-refractivity contribution in [3.8, 4) is 11.5 Å². The van der Waals surface area contributed by atoms with Gasteiger partial charge in [0.2, 0.25) is 5.91 Å². The van der Waals surface area contributed by atoms with E-state index in [9.17, 15) is 4.79 Å². The van der Waals surface area contributed by atoms with Crippen LogP contribution >= 0.6 is 35.0 Å². The summed E-state index contributed by atoms with van der Waals surface area (Å²) in [5, 5.41) is 12.7. The molecular formula is C22H22Cl2N4O3S. The fourth-order valence-electron chi connectivity index (χ4n) is 2.87. The van der Waals surface area contributed by atoms with Crippen molar-refractivity contribution in [3.05, 3.63) is 71.0 Å². The van der Waals surface area contributed by atoms with Crippen molar-refractivity contribution in [1.29, 1.82) is 0 Å². The zero-order valence-electron chi connectivity index (χ0n) is 17.5. The van der Waals surface area contributed by atoms with E-state index in [2.05, 4.69) is 22.1 Å². The van der Waals surface area contributed by atoms with Gasteiger partial charge in [0.15, 0.2) is 28.6 Å². The molecule has 0 fully saturated rings. The molecule has 3 aromatic rings. The number of para-hydroxylation sites is 2. The number of halogens is 2. The minimum atomic E-state index is -0.408. The van der Waals surface area contributed by atoms with E-state index in [0.29, 0.717) is 44.8 Å². The molecule has 10 heteroatoms. The summed E-state index contributed by atoms with van der Waals surface area (Å²) in [4.78, 5) is 12.4. The van der Waals surface area contributed by atoms with Crippen LogP contribution in [0.2, 0.25) is 10.0 Å². The number of methoxy groups -OCH3 is 1. The quantitative estimate of drug-likeness (QED) is 0.291. The number of hydrogen-bond donors (Lipinski definition) is 1. The summed E-state index contributed by atoms with van der Waals surface area (Å²) >= 11 is 13.3. The third-order valence-corrected chi connectivity index (χ3v) is 5.85. The van der Waals surface area contributed by atoms with Crippen LogP contribution in [0.25, 0.3) is 0 Å². The Morgan fingerprint density at radius 3 is 2.69 bits per heavy atom. The smallest absolute Gasteiger partial charge is 0.234 e. The van der Waals surface area contributed by atoms with Crippen LogP contribution in [-0.4, -0.2) is 33.5 Å². The van der Waals surface area contributed by atoms with Gasteiger partial charge < -0.3 is 14.8 Å². The molecule has 1 heterocycles. The maximum atomic E-state index is 12.4. The molecule has 0 aliphatic carbocycles. The van der Waals surface area contributed by atoms with Crippen molar-refractivity contribution in [2.75, 3.05) is 18.2 Å². The molecule has 0 aliphatic rings. The number of ether oxygens (including phenoxy) is 2. The first-order chi connectivity index (χ1) is 15.4. The van der Waals surface area contributed by atoms with E-state index in [1.807, 2.05) is 35.8 Å². The molecular weight excluding hydrogens is 471 g/mol. The van der Waals surface area contributed by atoms with Crippen LogP contribution in [0.1, 0.15) is 18.9 Å². The second-order valence-corrected chi connectivity index (χ2v) is 8.40. The first-order valence-corrected chi connectivity index (χ1v) is 11.4. The highest BCUT2D eigenvalue weighted by Gasteiger charge is 2.21. The number of aromatic nitrogens is 3. The number of rotatable bonds is 10. The minimum Gasteiger partial charge on any atom is -0.493 e. The molecule has 1 amide bonds. The van der Waals surface area contributed by atoms with Gasteiger partial charge in [0.05, 0.1) is 23.6 Å². The van der Waals surface area contributed by atoms with Gasteiger partial charge in [0.1, 0.15) is 0 Å². The lowest BCUT2D eigenvalue weighted by atomic mass is 10.3. The Morgan fingerprint density at radius 1 is 1.25 bits per heavy atom. The van der Waals surface area contributed by atoms with Crippen LogP contribution in [0, 0.1) is 0 Å². The lowest BCUT2D eigenvalue weighted by molar-refractivity contribution is -0.113. The SMILES string of the molecule is C=CCn1c(SCC(=O)Nc2ccc(Cl)cc2Cl)nnc1C(C)Oc1ccccc1OC. The summed E-state index contributed by atoms with van der Waals surface area (Å²) in [5.74, 6) is 1.73. The monoisotopic (exact) mass is 492 g/mol. The van der Waals surface area contributed by atoms with Gasteiger partial charge >= 0.3 is 0 Å². The van der Waals surface area contributed by atoms with E-state index in [4.69, 9.17) is 32.7 Å². The lowest BCUT2D eigenvalue weighted by Gasteiger charge is -2.17. The number of nitrogens with zero attached hydrogens (tertiary/aromatic N) is 3. The van der Waals surface area contributed by atoms with E-state index < -0.39 is 6.10 Å². The zero-order valence-corrected chi connectivity index (χ0v) is 19.9. The molecule has 0 saturated heterocycles. The van der Waals surface area contributed by atoms with Gasteiger partial charge in [-0.15, -0.1) is 16.8 Å². The number of carbonyl (C=O) groups is 1. The van der Waals surface area contributed by atoms with Crippen molar-refractivity contribution in [2.24, 2.45) is 0 Å². The summed E-state index contributed by atoms with van der Waals surface area (Å²) in [6.45, 7) is 6.15. The second-order valence-electron chi connectivity index (χ2n) is 6.61. The molecule has 1 N–H and O–H groups in total. The Hall–Kier alpha value is -2.68. The summed E-state index contributed by atoms with van der Waals surface area (Å²) < 4.78 is 13.3. The fraction of sp³-hybridized carbons (Fsp3) is 0.227. The van der Waals surface area contributed by atoms with Crippen molar-refractivity contribution in [3.63, 3.8) is 0 Å². The third-order valence-electron chi connectivity index (χ3n) is 4.33. The van der Waals surface area contributed by atoms with Crippen molar-refractivity contribution >= 4 is 46.6 Å². The van der Waals surface area contributed by atoms with Crippen LogP contribution in [-0.2, 0) is 11.3 Å². The molecule has 0 saturated carbocycles. The van der Waals surface area contributed by atoms with E-state index in [-0.39, 0.29) is 11.7 Å². The predicted octanol–water partition coefficient (Wildman–Crippen LogP) is 5.65. The van der Waals surface area contributed by atoms with Gasteiger partial charge in [-0.25, -0.2) is 0 Å². The van der Waals surface area contributed by atoms with Crippen LogP contribution in [0.4, 0.5) is 5.69 Å². The third kappa shape index (κ3) is 5.97. The summed E-state index contributed by atoms with van der Waals surface area (Å²) in [7, 11) is 1.59. The standard InChI is InChI=1S/C22H22Cl2N4O3S/c1-4-11-28-21(14(2)31-19-8-6-5-7-18(19)30-3)26-27-22(28)32-13-20(29)25-17-10-9-15(23)12-16(17)24/h4-10,12,14H,1,11,13H2,2-3H3,(H,25,29). The number of hydrogen-bond acceptors (Lipinski definition) is 6. The second kappa shape index (κ2) is 11.3. The van der Waals surface area contributed by atoms with Crippen LogP contribution in [0.5, 0.6) is 11.5 Å². The predicted molar refractivity (Wildman–Crippen MR) is 128 cm³/mol. The Kier molecular flexibility index (Phi) is 8.44. The highest BCUT2D eigenvalue weighted by Crippen LogP contribution is 2.31. The van der Waals surface area contributed by atoms with E-state index in [0.717, 1.165) is 0 Å². The molecule has 1 atom stereocenters. The molecule has 32 heavy (non-hydrogen) atoms. The van der Waals surface area contributed by atoms with Crippen LogP contribution in [0.15, 0.2) is 60.3 Å². The fourth-order valence-corrected chi connectivity index (χ4v) is 4.09. The molecule has 168 valence electrons. The maximum absolute atomic E-state index is 12.4. The zero-order chi connectivity index (χ0) is 23.1. The molecule has 0 radical (unpaired) electrons. The minimum absolute atomic E-state index is 0.121.